The molecule has 0 unspecified atom stereocenters. The van der Waals surface area contributed by atoms with Crippen molar-refractivity contribution >= 4 is 45.9 Å². The standard InChI is InChI=1S/C25H23ClN4O4/c1-34-9-8-30-22(31)20-19(10-13-12-27-17-5-3-2-4-15(13)17)29-25(21(20)23(30)32)16-11-14(26)6-7-18(16)28-24(25)33/h2-7,11-12,19-21,27,29H,8-10H2,1H3,(H,28,33)/t19-,20+,21-,25-/m0/s1. The number of carbonyl (C=O) groups excluding carboxylic acids is 3. The Balaban J connectivity index is 1.47. The summed E-state index contributed by atoms with van der Waals surface area (Å²) >= 11 is 6.30. The highest BCUT2D eigenvalue weighted by Gasteiger charge is 2.70. The van der Waals surface area contributed by atoms with Gasteiger partial charge in [0.25, 0.3) is 0 Å². The fraction of sp³-hybridized carbons (Fsp3) is 0.320. The topological polar surface area (TPSA) is 104 Å². The molecule has 9 heteroatoms. The number of methoxy groups -OCH3 is 1. The Kier molecular flexibility index (Phi) is 4.81. The van der Waals surface area contributed by atoms with Crippen LogP contribution in [0, 0.1) is 11.8 Å². The molecule has 0 radical (unpaired) electrons. The van der Waals surface area contributed by atoms with Gasteiger partial charge in [-0.2, -0.15) is 0 Å². The number of likely N-dealkylation sites (tertiary alicyclic amines) is 1. The molecule has 1 aromatic heterocycles. The summed E-state index contributed by atoms with van der Waals surface area (Å²) in [5.74, 6) is -2.52. The molecule has 3 aromatic rings. The molecule has 3 aliphatic rings. The number of rotatable bonds is 5. The van der Waals surface area contributed by atoms with Crippen molar-refractivity contribution < 1.29 is 19.1 Å². The van der Waals surface area contributed by atoms with E-state index in [1.54, 1.807) is 18.2 Å². The first-order valence-corrected chi connectivity index (χ1v) is 11.6. The zero-order chi connectivity index (χ0) is 23.6. The van der Waals surface area contributed by atoms with Crippen LogP contribution >= 0.6 is 11.6 Å². The zero-order valence-corrected chi connectivity index (χ0v) is 19.2. The van der Waals surface area contributed by atoms with Gasteiger partial charge < -0.3 is 15.0 Å². The summed E-state index contributed by atoms with van der Waals surface area (Å²) < 4.78 is 5.13. The second kappa shape index (κ2) is 7.66. The van der Waals surface area contributed by atoms with Crippen LogP contribution < -0.4 is 10.6 Å². The number of nitrogens with one attached hydrogen (secondary N) is 3. The van der Waals surface area contributed by atoms with Crippen molar-refractivity contribution in [1.29, 1.82) is 0 Å². The molecule has 0 saturated carbocycles. The fourth-order valence-electron chi connectivity index (χ4n) is 5.95. The van der Waals surface area contributed by atoms with Crippen LogP contribution in [0.4, 0.5) is 5.69 Å². The van der Waals surface area contributed by atoms with Gasteiger partial charge in [-0.25, -0.2) is 0 Å². The van der Waals surface area contributed by atoms with E-state index >= 15 is 0 Å². The highest BCUT2D eigenvalue weighted by atomic mass is 35.5. The quantitative estimate of drug-likeness (QED) is 0.489. The molecule has 0 bridgehead atoms. The predicted molar refractivity (Wildman–Crippen MR) is 126 cm³/mol. The minimum Gasteiger partial charge on any atom is -0.383 e. The number of ether oxygens (including phenoxy) is 1. The maximum atomic E-state index is 13.7. The maximum absolute atomic E-state index is 13.7. The average molecular weight is 479 g/mol. The molecule has 8 nitrogen and oxygen atoms in total. The predicted octanol–water partition coefficient (Wildman–Crippen LogP) is 2.43. The Morgan fingerprint density at radius 1 is 1.12 bits per heavy atom. The number of aromatic nitrogens is 1. The van der Waals surface area contributed by atoms with Gasteiger partial charge in [-0.1, -0.05) is 29.8 Å². The third-order valence-corrected chi connectivity index (χ3v) is 7.64. The lowest BCUT2D eigenvalue weighted by Crippen LogP contribution is -2.53. The van der Waals surface area contributed by atoms with Gasteiger partial charge >= 0.3 is 0 Å². The summed E-state index contributed by atoms with van der Waals surface area (Å²) in [6, 6.07) is 12.6. The number of H-pyrrole nitrogens is 1. The molecule has 1 spiro atoms. The molecule has 6 rings (SSSR count). The van der Waals surface area contributed by atoms with Crippen molar-refractivity contribution in [3.63, 3.8) is 0 Å². The van der Waals surface area contributed by atoms with Gasteiger partial charge in [-0.3, -0.25) is 24.6 Å². The van der Waals surface area contributed by atoms with Crippen LogP contribution in [0.2, 0.25) is 5.02 Å². The smallest absolute Gasteiger partial charge is 0.250 e. The molecule has 2 aromatic carbocycles. The number of anilines is 1. The second-order valence-corrected chi connectivity index (χ2v) is 9.53. The molecule has 34 heavy (non-hydrogen) atoms. The Morgan fingerprint density at radius 2 is 1.94 bits per heavy atom. The van der Waals surface area contributed by atoms with E-state index < -0.39 is 23.4 Å². The average Bonchev–Trinajstić information content (AvgIpc) is 3.53. The van der Waals surface area contributed by atoms with Gasteiger partial charge in [0.1, 0.15) is 5.54 Å². The molecular formula is C25H23ClN4O4. The van der Waals surface area contributed by atoms with Crippen LogP contribution in [0.25, 0.3) is 10.9 Å². The monoisotopic (exact) mass is 478 g/mol. The van der Waals surface area contributed by atoms with Crippen molar-refractivity contribution in [1.82, 2.24) is 15.2 Å². The second-order valence-electron chi connectivity index (χ2n) is 9.09. The van der Waals surface area contributed by atoms with Crippen LogP contribution in [0.15, 0.2) is 48.7 Å². The summed E-state index contributed by atoms with van der Waals surface area (Å²) in [5, 5.41) is 7.87. The lowest BCUT2D eigenvalue weighted by molar-refractivity contribution is -0.143. The normalized spacial score (nSPS) is 27.6. The Hall–Kier alpha value is -3.20. The number of imide groups is 1. The summed E-state index contributed by atoms with van der Waals surface area (Å²) in [5.41, 5.74) is 1.85. The molecule has 4 heterocycles. The van der Waals surface area contributed by atoms with Gasteiger partial charge in [-0.15, -0.1) is 0 Å². The number of halogens is 1. The van der Waals surface area contributed by atoms with Crippen molar-refractivity contribution in [3.8, 4) is 0 Å². The fourth-order valence-corrected chi connectivity index (χ4v) is 6.12. The van der Waals surface area contributed by atoms with E-state index in [-0.39, 0.29) is 30.9 Å². The molecular weight excluding hydrogens is 456 g/mol. The SMILES string of the molecule is COCCN1C(=O)[C@@H]2[C@H](Cc3c[nH]c4ccccc34)N[C@]3(C(=O)Nc4ccc(Cl)cc43)[C@@H]2C1=O. The molecule has 3 aliphatic heterocycles. The van der Waals surface area contributed by atoms with E-state index in [2.05, 4.69) is 15.6 Å². The highest BCUT2D eigenvalue weighted by molar-refractivity contribution is 6.31. The van der Waals surface area contributed by atoms with Crippen LogP contribution in [0.5, 0.6) is 0 Å². The van der Waals surface area contributed by atoms with Crippen molar-refractivity contribution in [2.45, 2.75) is 18.0 Å². The molecule has 2 fully saturated rings. The maximum Gasteiger partial charge on any atom is 0.250 e. The lowest BCUT2D eigenvalue weighted by Gasteiger charge is -2.29. The molecule has 4 atom stereocenters. The molecule has 2 saturated heterocycles. The third kappa shape index (κ3) is 2.82. The van der Waals surface area contributed by atoms with Crippen molar-refractivity contribution in [2.75, 3.05) is 25.6 Å². The largest absolute Gasteiger partial charge is 0.383 e. The minimum absolute atomic E-state index is 0.154. The number of benzene rings is 2. The van der Waals surface area contributed by atoms with Gasteiger partial charge in [0, 0.05) is 46.5 Å². The van der Waals surface area contributed by atoms with Gasteiger partial charge in [0.2, 0.25) is 17.7 Å². The number of para-hydroxylation sites is 1. The number of carbonyl (C=O) groups is 3. The summed E-state index contributed by atoms with van der Waals surface area (Å²) in [4.78, 5) is 45.3. The number of amides is 3. The summed E-state index contributed by atoms with van der Waals surface area (Å²) in [7, 11) is 1.53. The third-order valence-electron chi connectivity index (χ3n) is 7.40. The Labute approximate surface area is 200 Å². The first kappa shape index (κ1) is 21.3. The summed E-state index contributed by atoms with van der Waals surface area (Å²) in [6.07, 6.45) is 2.41. The van der Waals surface area contributed by atoms with Crippen LogP contribution in [0.1, 0.15) is 11.1 Å². The van der Waals surface area contributed by atoms with E-state index in [1.807, 2.05) is 30.5 Å². The number of fused-ring (bicyclic) bond motifs is 5. The van der Waals surface area contributed by atoms with Gasteiger partial charge in [0.05, 0.1) is 25.0 Å². The highest BCUT2D eigenvalue weighted by Crippen LogP contribution is 2.53. The number of aromatic amines is 1. The Bertz CT molecular complexity index is 1350. The first-order chi connectivity index (χ1) is 16.5. The van der Waals surface area contributed by atoms with Gasteiger partial charge in [-0.05, 0) is 36.2 Å². The molecule has 3 N–H and O–H groups in total. The van der Waals surface area contributed by atoms with Gasteiger partial charge in [0.15, 0.2) is 0 Å². The van der Waals surface area contributed by atoms with Crippen LogP contribution in [-0.4, -0.2) is 53.9 Å². The number of hydrogen-bond donors (Lipinski definition) is 3. The van der Waals surface area contributed by atoms with E-state index in [0.29, 0.717) is 22.7 Å². The minimum atomic E-state index is -1.36. The first-order valence-electron chi connectivity index (χ1n) is 11.2. The van der Waals surface area contributed by atoms with E-state index in [4.69, 9.17) is 16.3 Å². The molecule has 174 valence electrons. The van der Waals surface area contributed by atoms with E-state index in [0.717, 1.165) is 16.5 Å². The van der Waals surface area contributed by atoms with Crippen LogP contribution in [-0.2, 0) is 31.1 Å². The van der Waals surface area contributed by atoms with E-state index in [1.165, 1.54) is 12.0 Å². The van der Waals surface area contributed by atoms with Crippen molar-refractivity contribution in [3.05, 3.63) is 64.8 Å². The molecule has 0 aliphatic carbocycles. The Morgan fingerprint density at radius 3 is 2.76 bits per heavy atom. The zero-order valence-electron chi connectivity index (χ0n) is 18.4. The molecule has 3 amide bonds. The number of hydrogen-bond acceptors (Lipinski definition) is 5. The van der Waals surface area contributed by atoms with E-state index in [9.17, 15) is 14.4 Å². The van der Waals surface area contributed by atoms with Crippen molar-refractivity contribution in [2.24, 2.45) is 11.8 Å². The van der Waals surface area contributed by atoms with Crippen LogP contribution in [0.3, 0.4) is 0 Å². The summed E-state index contributed by atoms with van der Waals surface area (Å²) in [6.45, 7) is 0.389. The number of nitrogens with zero attached hydrogens (tertiary/aromatic N) is 1. The lowest BCUT2D eigenvalue weighted by atomic mass is 9.76.